The average molecular weight is 807 g/mol. The van der Waals surface area contributed by atoms with Crippen LogP contribution in [0.15, 0.2) is 12.2 Å². The van der Waals surface area contributed by atoms with E-state index in [0.29, 0.717) is 12.8 Å². The Morgan fingerprint density at radius 1 is 0.554 bits per heavy atom. The van der Waals surface area contributed by atoms with E-state index >= 15 is 0 Å². The molecule has 2 aliphatic rings. The summed E-state index contributed by atoms with van der Waals surface area (Å²) in [6.45, 7) is 2.48. The average Bonchev–Trinajstić information content (AvgIpc) is 3.19. The fourth-order valence-corrected chi connectivity index (χ4v) is 6.62. The van der Waals surface area contributed by atoms with E-state index in [0.717, 1.165) is 70.6 Å². The van der Waals surface area contributed by atoms with Crippen molar-refractivity contribution in [3.8, 4) is 0 Å². The van der Waals surface area contributed by atoms with E-state index in [-0.39, 0.29) is 26.1 Å². The van der Waals surface area contributed by atoms with Crippen LogP contribution in [-0.2, 0) is 38.0 Å². The number of aliphatic hydroxyl groups is 7. The number of rotatable bonds is 31. The summed E-state index contributed by atoms with van der Waals surface area (Å²) in [5.74, 6) is -0.942. The van der Waals surface area contributed by atoms with Crippen molar-refractivity contribution in [1.82, 2.24) is 0 Å². The van der Waals surface area contributed by atoms with Gasteiger partial charge in [-0.2, -0.15) is 0 Å². The summed E-state index contributed by atoms with van der Waals surface area (Å²) in [6, 6.07) is 0. The number of carbonyl (C=O) groups excluding carboxylic acids is 2. The van der Waals surface area contributed by atoms with Gasteiger partial charge in [0.2, 0.25) is 0 Å². The fraction of sp³-hybridized carbons (Fsp3) is 0.902. The Bertz CT molecular complexity index is 1040. The highest BCUT2D eigenvalue weighted by Crippen LogP contribution is 2.26. The van der Waals surface area contributed by atoms with Crippen LogP contribution in [0.5, 0.6) is 0 Å². The molecule has 11 atom stereocenters. The zero-order chi connectivity index (χ0) is 41.1. The summed E-state index contributed by atoms with van der Waals surface area (Å²) in [7, 11) is 0. The summed E-state index contributed by atoms with van der Waals surface area (Å²) in [6.07, 6.45) is 7.23. The zero-order valence-electron chi connectivity index (χ0n) is 33.9. The minimum absolute atomic E-state index is 0.164. The summed E-state index contributed by atoms with van der Waals surface area (Å²) in [5, 5.41) is 71.6. The lowest BCUT2D eigenvalue weighted by Gasteiger charge is -2.42. The van der Waals surface area contributed by atoms with Crippen LogP contribution in [0, 0.1) is 0 Å². The SMILES string of the molecule is CCCCCC/C=C/CCCCCCCC(=O)OC[C@H](CO[C@@H]1O[C@H](CO[C@@H]2O[C@H](CO)[C@H](O)C(O)C2O)[C@H](O)C(O)C1O)OC(=O)CCCCCCCCC. The minimum atomic E-state index is -1.76. The first-order valence-electron chi connectivity index (χ1n) is 21.3. The highest BCUT2D eigenvalue weighted by Gasteiger charge is 2.47. The molecule has 0 amide bonds. The van der Waals surface area contributed by atoms with Gasteiger partial charge in [0.05, 0.1) is 19.8 Å². The maximum atomic E-state index is 12.8. The first-order chi connectivity index (χ1) is 27.0. The first-order valence-corrected chi connectivity index (χ1v) is 21.3. The van der Waals surface area contributed by atoms with Gasteiger partial charge in [0, 0.05) is 12.8 Å². The second-order valence-corrected chi connectivity index (χ2v) is 15.2. The number of esters is 2. The molecular formula is C41H74O15. The smallest absolute Gasteiger partial charge is 0.306 e. The number of unbranched alkanes of at least 4 members (excludes halogenated alkanes) is 15. The molecule has 7 N–H and O–H groups in total. The second kappa shape index (κ2) is 30.3. The number of allylic oxidation sites excluding steroid dienone is 2. The molecule has 0 aromatic carbocycles. The number of aliphatic hydroxyl groups excluding tert-OH is 7. The zero-order valence-corrected chi connectivity index (χ0v) is 33.9. The topological polar surface area (TPSA) is 231 Å². The molecule has 0 aromatic heterocycles. The molecular weight excluding hydrogens is 732 g/mol. The van der Waals surface area contributed by atoms with Crippen molar-refractivity contribution < 1.29 is 73.8 Å². The number of ether oxygens (including phenoxy) is 6. The summed E-state index contributed by atoms with van der Waals surface area (Å²) in [5.41, 5.74) is 0. The van der Waals surface area contributed by atoms with E-state index in [9.17, 15) is 45.3 Å². The van der Waals surface area contributed by atoms with Crippen LogP contribution in [0.25, 0.3) is 0 Å². The Hall–Kier alpha value is -1.76. The van der Waals surface area contributed by atoms with Gasteiger partial charge in [0.1, 0.15) is 55.4 Å². The van der Waals surface area contributed by atoms with E-state index in [1.54, 1.807) is 0 Å². The molecule has 0 aromatic rings. The van der Waals surface area contributed by atoms with Gasteiger partial charge in [-0.3, -0.25) is 9.59 Å². The van der Waals surface area contributed by atoms with Gasteiger partial charge >= 0.3 is 11.9 Å². The molecule has 15 nitrogen and oxygen atoms in total. The van der Waals surface area contributed by atoms with E-state index in [2.05, 4.69) is 26.0 Å². The fourth-order valence-electron chi connectivity index (χ4n) is 6.62. The predicted octanol–water partition coefficient (Wildman–Crippen LogP) is 3.48. The van der Waals surface area contributed by atoms with Gasteiger partial charge in [-0.25, -0.2) is 0 Å². The van der Waals surface area contributed by atoms with Gasteiger partial charge in [0.25, 0.3) is 0 Å². The Labute approximate surface area is 333 Å². The molecule has 0 bridgehead atoms. The van der Waals surface area contributed by atoms with Crippen LogP contribution in [0.3, 0.4) is 0 Å². The third-order valence-electron chi connectivity index (χ3n) is 10.2. The van der Waals surface area contributed by atoms with Crippen LogP contribution in [0.2, 0.25) is 0 Å². The molecule has 0 radical (unpaired) electrons. The maximum absolute atomic E-state index is 12.8. The van der Waals surface area contributed by atoms with E-state index in [1.807, 2.05) is 0 Å². The minimum Gasteiger partial charge on any atom is -0.462 e. The lowest BCUT2D eigenvalue weighted by atomic mass is 9.98. The van der Waals surface area contributed by atoms with Crippen molar-refractivity contribution in [2.75, 3.05) is 26.4 Å². The maximum Gasteiger partial charge on any atom is 0.306 e. The van der Waals surface area contributed by atoms with Gasteiger partial charge < -0.3 is 64.2 Å². The quantitative estimate of drug-likeness (QED) is 0.0302. The lowest BCUT2D eigenvalue weighted by Crippen LogP contribution is -2.61. The summed E-state index contributed by atoms with van der Waals surface area (Å²) >= 11 is 0. The molecule has 2 heterocycles. The molecule has 2 fully saturated rings. The Morgan fingerprint density at radius 3 is 1.59 bits per heavy atom. The third-order valence-corrected chi connectivity index (χ3v) is 10.2. The second-order valence-electron chi connectivity index (χ2n) is 15.2. The van der Waals surface area contributed by atoms with Crippen molar-refractivity contribution in [3.05, 3.63) is 12.2 Å². The van der Waals surface area contributed by atoms with Crippen molar-refractivity contribution in [2.45, 2.75) is 210 Å². The number of hydrogen-bond donors (Lipinski definition) is 7. The van der Waals surface area contributed by atoms with E-state index < -0.39 is 92.7 Å². The van der Waals surface area contributed by atoms with E-state index in [4.69, 9.17) is 28.4 Å². The van der Waals surface area contributed by atoms with E-state index in [1.165, 1.54) is 32.1 Å². The molecule has 0 aliphatic carbocycles. The Morgan fingerprint density at radius 2 is 1.02 bits per heavy atom. The van der Waals surface area contributed by atoms with Gasteiger partial charge in [0.15, 0.2) is 18.7 Å². The van der Waals surface area contributed by atoms with Crippen LogP contribution in [-0.4, -0.2) is 142 Å². The highest BCUT2D eigenvalue weighted by atomic mass is 16.7. The van der Waals surface area contributed by atoms with Gasteiger partial charge in [-0.05, 0) is 38.5 Å². The highest BCUT2D eigenvalue weighted by molar-refractivity contribution is 5.70. The molecule has 328 valence electrons. The molecule has 2 saturated heterocycles. The first kappa shape index (κ1) is 50.4. The molecule has 0 spiro atoms. The van der Waals surface area contributed by atoms with Crippen molar-refractivity contribution in [1.29, 1.82) is 0 Å². The Balaban J connectivity index is 1.86. The normalized spacial score (nSPS) is 28.7. The molecule has 2 aliphatic heterocycles. The summed E-state index contributed by atoms with van der Waals surface area (Å²) in [4.78, 5) is 25.4. The molecule has 2 rings (SSSR count). The van der Waals surface area contributed by atoms with Gasteiger partial charge in [-0.1, -0.05) is 103 Å². The molecule has 56 heavy (non-hydrogen) atoms. The molecule has 0 saturated carbocycles. The molecule has 4 unspecified atom stereocenters. The lowest BCUT2D eigenvalue weighted by molar-refractivity contribution is -0.332. The van der Waals surface area contributed by atoms with Crippen LogP contribution in [0.4, 0.5) is 0 Å². The van der Waals surface area contributed by atoms with Crippen molar-refractivity contribution in [3.63, 3.8) is 0 Å². The van der Waals surface area contributed by atoms with Crippen LogP contribution >= 0.6 is 0 Å². The van der Waals surface area contributed by atoms with Gasteiger partial charge in [-0.15, -0.1) is 0 Å². The summed E-state index contributed by atoms with van der Waals surface area (Å²) < 4.78 is 33.3. The predicted molar refractivity (Wildman–Crippen MR) is 206 cm³/mol. The Kier molecular flexibility index (Phi) is 27.3. The standard InChI is InChI=1S/C41H74O15/c1-3-5-7-9-11-12-13-14-15-16-18-19-21-23-32(43)51-26-29(54-33(44)24-22-20-17-10-8-6-4-2)27-52-40-39(50)37(48)35(46)31(56-40)28-53-41-38(49)36(47)34(45)30(25-42)55-41/h12-13,29-31,34-42,45-50H,3-11,14-28H2,1-2H3/b13-12+/t29-,30-,31-,34+,35+,36?,37?,38?,39?,40-,41-/m1/s1. The number of carbonyl (C=O) groups is 2. The van der Waals surface area contributed by atoms with Crippen molar-refractivity contribution in [2.24, 2.45) is 0 Å². The number of hydrogen-bond acceptors (Lipinski definition) is 15. The monoisotopic (exact) mass is 807 g/mol. The van der Waals surface area contributed by atoms with Crippen LogP contribution < -0.4 is 0 Å². The largest absolute Gasteiger partial charge is 0.462 e. The van der Waals surface area contributed by atoms with Crippen molar-refractivity contribution >= 4 is 11.9 Å². The molecule has 15 heteroatoms. The third kappa shape index (κ3) is 19.8. The van der Waals surface area contributed by atoms with Crippen LogP contribution in [0.1, 0.15) is 142 Å².